The molecule has 2 aliphatic heterocycles. The van der Waals surface area contributed by atoms with Gasteiger partial charge in [0.15, 0.2) is 5.58 Å². The molecule has 1 unspecified atom stereocenters. The molecule has 4 rings (SSSR count). The van der Waals surface area contributed by atoms with E-state index in [4.69, 9.17) is 24.8 Å². The Kier molecular flexibility index (Phi) is 70.4. The van der Waals surface area contributed by atoms with Gasteiger partial charge >= 0.3 is 23.9 Å². The monoisotopic (exact) mass is 1590 g/mol. The number of aliphatic hydroxyl groups excluding tert-OH is 2. The molecule has 28 heteroatoms. The zero-order valence-electron chi connectivity index (χ0n) is 69.0. The third-order valence-corrected chi connectivity index (χ3v) is 15.9. The van der Waals surface area contributed by atoms with Crippen LogP contribution in [0.1, 0.15) is 216 Å². The maximum absolute atomic E-state index is 12.4. The second-order valence-corrected chi connectivity index (χ2v) is 26.0. The third-order valence-electron chi connectivity index (χ3n) is 15.9. The van der Waals surface area contributed by atoms with Gasteiger partial charge in [-0.3, -0.25) is 24.5 Å². The fourth-order valence-corrected chi connectivity index (χ4v) is 9.72. The minimum atomic E-state index is -1.33. The van der Waals surface area contributed by atoms with Gasteiger partial charge in [0.05, 0.1) is 50.6 Å². The Bertz CT molecular complexity index is 3230. The number of amides is 5. The van der Waals surface area contributed by atoms with Crippen LogP contribution in [0.2, 0.25) is 0 Å². The molecule has 0 aliphatic carbocycles. The third kappa shape index (κ3) is 64.9. The van der Waals surface area contributed by atoms with Gasteiger partial charge in [0.1, 0.15) is 22.7 Å². The first-order valence-electron chi connectivity index (χ1n) is 39.7. The van der Waals surface area contributed by atoms with Gasteiger partial charge in [0.25, 0.3) is 5.91 Å². The van der Waals surface area contributed by atoms with Crippen molar-refractivity contribution in [1.82, 2.24) is 25.4 Å². The van der Waals surface area contributed by atoms with Gasteiger partial charge in [-0.25, -0.2) is 18.9 Å². The van der Waals surface area contributed by atoms with Crippen molar-refractivity contribution in [1.29, 1.82) is 0 Å². The molecule has 1 aromatic carbocycles. The van der Waals surface area contributed by atoms with Crippen molar-refractivity contribution in [3.8, 4) is 0 Å². The SMILES string of the molecule is C=C(/C=C\C(=O)O)NCCCC.C=C(/C=C\C(=O)[O-])NCCCC.C=C(O)/C=C\C(=O)N(CCCC)CCCC.C=C(O)/C=C\C(=O)Nc1nc2cc(NC(=O)/C=C\C(=O)O)ccc2o1.CCCCN(CCCC)C(=O)/C=C\C(=O)[O-].CCCC[NH2+]CCCC.CCCC[NH3+].O=C([O-])/C=C\C(=O)[N+]12CCCC=C1CCCCC2. The second kappa shape index (κ2) is 73.1. The fourth-order valence-electron chi connectivity index (χ4n) is 9.72. The first kappa shape index (κ1) is 109. The number of carbonyl (C=O) groups excluding carboxylic acids is 8. The number of carboxylic acid groups (broad SMARTS) is 5. The molecule has 1 fully saturated rings. The van der Waals surface area contributed by atoms with Gasteiger partial charge in [-0.1, -0.05) is 146 Å². The Hall–Kier alpha value is -10.5. The normalized spacial score (nSPS) is 13.3. The van der Waals surface area contributed by atoms with E-state index in [2.05, 4.69) is 132 Å². The molecule has 2 aromatic rings. The summed E-state index contributed by atoms with van der Waals surface area (Å²) in [5, 5.41) is 78.3. The molecular weight excluding hydrogens is 1450 g/mol. The summed E-state index contributed by atoms with van der Waals surface area (Å²) in [5.41, 5.74) is 7.21. The minimum absolute atomic E-state index is 0.0444. The van der Waals surface area contributed by atoms with Crippen LogP contribution in [0.15, 0.2) is 169 Å². The number of nitrogens with one attached hydrogen (secondary N) is 4. The maximum Gasteiger partial charge on any atom is 0.343 e. The number of nitrogens with two attached hydrogens (primary N) is 1. The van der Waals surface area contributed by atoms with Crippen LogP contribution in [0, 0.1) is 0 Å². The van der Waals surface area contributed by atoms with Crippen molar-refractivity contribution in [3.63, 3.8) is 0 Å². The number of unbranched alkanes of at least 4 members (excludes halogenated alkanes) is 9. The summed E-state index contributed by atoms with van der Waals surface area (Å²) in [6.45, 7) is 42.9. The maximum atomic E-state index is 12.4. The molecule has 0 spiro atoms. The van der Waals surface area contributed by atoms with Crippen molar-refractivity contribution in [2.24, 2.45) is 0 Å². The molecule has 3 heterocycles. The van der Waals surface area contributed by atoms with Crippen molar-refractivity contribution < 1.29 is 104 Å². The molecule has 0 bridgehead atoms. The number of carboxylic acids is 5. The summed E-state index contributed by atoms with van der Waals surface area (Å²) in [5.74, 6) is -7.97. The smallest absolute Gasteiger partial charge is 0.343 e. The van der Waals surface area contributed by atoms with Crippen LogP contribution in [0.3, 0.4) is 0 Å². The summed E-state index contributed by atoms with van der Waals surface area (Å²) in [6, 6.07) is 4.48. The molecule has 634 valence electrons. The number of aliphatic carboxylic acids is 5. The van der Waals surface area contributed by atoms with Crippen LogP contribution in [0.5, 0.6) is 0 Å². The van der Waals surface area contributed by atoms with E-state index < -0.39 is 41.7 Å². The molecule has 2 aliphatic rings. The van der Waals surface area contributed by atoms with E-state index in [1.165, 1.54) is 106 Å². The summed E-state index contributed by atoms with van der Waals surface area (Å²) < 4.78 is 5.67. The van der Waals surface area contributed by atoms with Crippen LogP contribution >= 0.6 is 0 Å². The van der Waals surface area contributed by atoms with Crippen molar-refractivity contribution in [3.05, 3.63) is 164 Å². The number of benzene rings is 1. The number of oxazole rings is 1. The quantitative estimate of drug-likeness (QED) is 0.00970. The molecular formula is C85H136N10O18. The first-order valence-corrected chi connectivity index (χ1v) is 39.7. The molecule has 1 aromatic heterocycles. The van der Waals surface area contributed by atoms with E-state index in [0.29, 0.717) is 51.8 Å². The molecule has 0 saturated carbocycles. The highest BCUT2D eigenvalue weighted by atomic mass is 16.4. The minimum Gasteiger partial charge on any atom is -0.545 e. The van der Waals surface area contributed by atoms with Crippen LogP contribution < -0.4 is 47.6 Å². The number of fused-ring (bicyclic) bond motifs is 2. The zero-order valence-corrected chi connectivity index (χ0v) is 69.0. The highest BCUT2D eigenvalue weighted by Crippen LogP contribution is 2.33. The zero-order chi connectivity index (χ0) is 86.1. The van der Waals surface area contributed by atoms with Crippen LogP contribution in [-0.2, 0) is 47.9 Å². The summed E-state index contributed by atoms with van der Waals surface area (Å²) in [6.07, 6.45) is 44.1. The number of nitrogens with zero attached hydrogens (tertiary/aromatic N) is 4. The number of hydrogen-bond donors (Lipinski definition) is 10. The van der Waals surface area contributed by atoms with Crippen LogP contribution in [0.4, 0.5) is 11.7 Å². The molecule has 5 amide bonds. The summed E-state index contributed by atoms with van der Waals surface area (Å²) >= 11 is 0. The van der Waals surface area contributed by atoms with Crippen LogP contribution in [-0.4, -0.2) is 171 Å². The number of carbonyl (C=O) groups is 10. The average molecular weight is 1590 g/mol. The fraction of sp³-hybridized carbons (Fsp3) is 0.518. The van der Waals surface area contributed by atoms with E-state index >= 15 is 0 Å². The Balaban J connectivity index is -0.000000619. The van der Waals surface area contributed by atoms with E-state index in [1.54, 1.807) is 4.90 Å². The van der Waals surface area contributed by atoms with Gasteiger partial charge < -0.3 is 91.3 Å². The number of allylic oxidation sites excluding steroid dienone is 6. The number of anilines is 2. The Morgan fingerprint density at radius 3 is 1.36 bits per heavy atom. The van der Waals surface area contributed by atoms with E-state index in [9.17, 15) is 63.3 Å². The van der Waals surface area contributed by atoms with Gasteiger partial charge in [-0.15, -0.1) is 0 Å². The number of hydrogen-bond acceptors (Lipinski definition) is 19. The predicted molar refractivity (Wildman–Crippen MR) is 441 cm³/mol. The summed E-state index contributed by atoms with van der Waals surface area (Å²) in [7, 11) is 0. The number of rotatable bonds is 44. The highest BCUT2D eigenvalue weighted by Gasteiger charge is 2.41. The lowest BCUT2D eigenvalue weighted by Gasteiger charge is -2.37. The van der Waals surface area contributed by atoms with Crippen molar-refractivity contribution in [2.45, 2.75) is 216 Å². The lowest BCUT2D eigenvalue weighted by atomic mass is 10.0. The Labute approximate surface area is 671 Å². The first-order chi connectivity index (χ1) is 53.9. The average Bonchev–Trinajstić information content (AvgIpc) is 1.77. The van der Waals surface area contributed by atoms with Gasteiger partial charge in [0.2, 0.25) is 17.7 Å². The van der Waals surface area contributed by atoms with E-state index in [0.717, 1.165) is 210 Å². The number of aliphatic hydroxyl groups is 2. The van der Waals surface area contributed by atoms with Gasteiger partial charge in [0, 0.05) is 112 Å². The number of quaternary nitrogens is 3. The Morgan fingerprint density at radius 2 is 0.920 bits per heavy atom. The lowest BCUT2D eigenvalue weighted by Crippen LogP contribution is -2.84. The molecule has 28 nitrogen and oxygen atoms in total. The topological polar surface area (TPSA) is 446 Å². The Morgan fingerprint density at radius 1 is 0.504 bits per heavy atom. The largest absolute Gasteiger partial charge is 0.545 e. The van der Waals surface area contributed by atoms with Crippen molar-refractivity contribution >= 4 is 82.2 Å². The predicted octanol–water partition coefficient (Wildman–Crippen LogP) is 9.53. The van der Waals surface area contributed by atoms with E-state index in [-0.39, 0.29) is 35.3 Å². The highest BCUT2D eigenvalue weighted by molar-refractivity contribution is 6.03. The second-order valence-electron chi connectivity index (χ2n) is 26.0. The van der Waals surface area contributed by atoms with E-state index in [1.807, 2.05) is 4.90 Å². The van der Waals surface area contributed by atoms with Crippen molar-refractivity contribution in [2.75, 3.05) is 82.6 Å². The lowest BCUT2D eigenvalue weighted by molar-refractivity contribution is -0.817. The molecule has 1 atom stereocenters. The van der Waals surface area contributed by atoms with Crippen LogP contribution in [0.25, 0.3) is 11.1 Å². The molecule has 13 N–H and O–H groups in total. The summed E-state index contributed by atoms with van der Waals surface area (Å²) in [4.78, 5) is 117. The molecule has 1 saturated heterocycles. The van der Waals surface area contributed by atoms with Gasteiger partial charge in [-0.05, 0) is 150 Å². The van der Waals surface area contributed by atoms with Gasteiger partial charge in [-0.2, -0.15) is 4.98 Å². The molecule has 113 heavy (non-hydrogen) atoms. The number of aromatic nitrogens is 1. The standard InChI is InChI=1S/C16H13N3O6.C14H19NO3.C13H23NO2.C12H21NO3.2C9H15NO2.C8H19N.C4H11N/c1-9(20)2-5-14(22)19-16-18-11-8-10(3-4-12(11)25-16)17-13(21)6-7-15(23)24;16-13(8-9-14(17)18)15-10-4-1-2-6-12(15)7-3-5-11-15;1-4-6-10-14(11-7-5-2)13(16)9-8-12(3)15;1-3-5-9-13(10-6-4-2)11(14)7-8-12(15)16;2*1-3-4-7-10-8(2)5-6-9(11)12;1-3-5-7-9-8-6-4-2;1-2-3-4-5/h2-8,20H,1H2,(H,17,21)(H,23,24)(H,18,19,22);7-9H,1-6,10-11H2;8-9,15H,3-7,10-11H2,1-2H3;7-8H,3-6,9-10H2,1-2H3,(H,15,16);2*5-6,10H,2-4,7H2,1H3,(H,11,12);9H,3-8H2,1-2H3;2-5H2,1H3/b5-2-,7-6-;2*9-8-;8-7-;2*6-5-;;. The molecule has 0 radical (unpaired) electrons.